The van der Waals surface area contributed by atoms with Gasteiger partial charge in [0.05, 0.1) is 6.61 Å². The molecular weight excluding hydrogens is 199 g/mol. The van der Waals surface area contributed by atoms with E-state index in [1.165, 1.54) is 0 Å². The summed E-state index contributed by atoms with van der Waals surface area (Å²) in [5.41, 5.74) is 0. The highest BCUT2D eigenvalue weighted by Crippen LogP contribution is 2.28. The fourth-order valence-electron chi connectivity index (χ4n) is 1.43. The zero-order chi connectivity index (χ0) is 10.8. The van der Waals surface area contributed by atoms with Gasteiger partial charge in [0, 0.05) is 0 Å². The minimum absolute atomic E-state index is 0.0625. The van der Waals surface area contributed by atoms with Gasteiger partial charge in [0.1, 0.15) is 12.1 Å². The van der Waals surface area contributed by atoms with Crippen molar-refractivity contribution in [2.24, 2.45) is 0 Å². The van der Waals surface area contributed by atoms with Crippen molar-refractivity contribution < 1.29 is 22.7 Å². The molecule has 6 heteroatoms. The van der Waals surface area contributed by atoms with Crippen molar-refractivity contribution in [3.05, 3.63) is 0 Å². The molecule has 1 rings (SSSR count). The normalized spacial score (nSPS) is 27.7. The van der Waals surface area contributed by atoms with E-state index in [9.17, 15) is 18.0 Å². The second kappa shape index (κ2) is 4.16. The van der Waals surface area contributed by atoms with Crippen molar-refractivity contribution in [2.45, 2.75) is 38.0 Å². The summed E-state index contributed by atoms with van der Waals surface area (Å²) >= 11 is 0. The third-order valence-corrected chi connectivity index (χ3v) is 2.11. The van der Waals surface area contributed by atoms with Gasteiger partial charge in [-0.3, -0.25) is 10.1 Å². The molecule has 82 valence electrons. The van der Waals surface area contributed by atoms with Crippen LogP contribution in [0.15, 0.2) is 0 Å². The molecule has 2 unspecified atom stereocenters. The van der Waals surface area contributed by atoms with Gasteiger partial charge in [-0.2, -0.15) is 13.2 Å². The molecule has 1 N–H and O–H groups in total. The van der Waals surface area contributed by atoms with E-state index in [1.807, 2.05) is 0 Å². The highest BCUT2D eigenvalue weighted by molar-refractivity contribution is 5.76. The summed E-state index contributed by atoms with van der Waals surface area (Å²) in [5.74, 6) is -0.598. The van der Waals surface area contributed by atoms with Crippen LogP contribution in [0.3, 0.4) is 0 Å². The Labute approximate surface area is 79.6 Å². The predicted molar refractivity (Wildman–Crippen MR) is 42.6 cm³/mol. The Hall–Kier alpha value is -0.780. The molecule has 0 bridgehead atoms. The van der Waals surface area contributed by atoms with Crippen molar-refractivity contribution in [1.29, 1.82) is 0 Å². The Kier molecular flexibility index (Phi) is 3.36. The van der Waals surface area contributed by atoms with Crippen LogP contribution in [-0.2, 0) is 9.53 Å². The van der Waals surface area contributed by atoms with Crippen LogP contribution in [0.1, 0.15) is 19.8 Å². The summed E-state index contributed by atoms with van der Waals surface area (Å²) < 4.78 is 41.1. The molecular formula is C8H12F3NO2. The number of ether oxygens (including phenoxy) is 1. The zero-order valence-corrected chi connectivity index (χ0v) is 7.73. The Bertz CT molecular complexity index is 217. The van der Waals surface area contributed by atoms with Crippen LogP contribution in [0.2, 0.25) is 0 Å². The lowest BCUT2D eigenvalue weighted by atomic mass is 10.2. The monoisotopic (exact) mass is 211 g/mol. The first-order valence-corrected chi connectivity index (χ1v) is 4.44. The van der Waals surface area contributed by atoms with E-state index in [-0.39, 0.29) is 19.4 Å². The molecule has 1 fully saturated rings. The molecule has 0 aromatic rings. The molecule has 0 saturated carbocycles. The molecule has 0 aromatic heterocycles. The van der Waals surface area contributed by atoms with E-state index in [0.29, 0.717) is 0 Å². The van der Waals surface area contributed by atoms with Gasteiger partial charge in [-0.25, -0.2) is 0 Å². The predicted octanol–water partition coefficient (Wildman–Crippen LogP) is 1.23. The fourth-order valence-corrected chi connectivity index (χ4v) is 1.43. The van der Waals surface area contributed by atoms with Crippen molar-refractivity contribution >= 4 is 5.97 Å². The minimum atomic E-state index is -4.28. The van der Waals surface area contributed by atoms with Crippen LogP contribution < -0.4 is 5.32 Å². The van der Waals surface area contributed by atoms with Gasteiger partial charge in [-0.05, 0) is 19.8 Å². The molecule has 1 heterocycles. The Morgan fingerprint density at radius 1 is 1.50 bits per heavy atom. The maximum absolute atomic E-state index is 12.2. The number of carbonyl (C=O) groups is 1. The van der Waals surface area contributed by atoms with E-state index in [4.69, 9.17) is 0 Å². The maximum atomic E-state index is 12.2. The van der Waals surface area contributed by atoms with Gasteiger partial charge >= 0.3 is 12.1 Å². The summed E-state index contributed by atoms with van der Waals surface area (Å²) in [4.78, 5) is 11.1. The first-order chi connectivity index (χ1) is 6.45. The van der Waals surface area contributed by atoms with Gasteiger partial charge in [0.25, 0.3) is 0 Å². The summed E-state index contributed by atoms with van der Waals surface area (Å²) in [6, 6.07) is -2.38. The Morgan fingerprint density at radius 2 is 2.14 bits per heavy atom. The van der Waals surface area contributed by atoms with E-state index in [2.05, 4.69) is 10.1 Å². The number of hydrogen-bond acceptors (Lipinski definition) is 3. The molecule has 1 aliphatic rings. The first-order valence-electron chi connectivity index (χ1n) is 4.44. The van der Waals surface area contributed by atoms with E-state index >= 15 is 0 Å². The fraction of sp³-hybridized carbons (Fsp3) is 0.875. The largest absolute Gasteiger partial charge is 0.465 e. The average molecular weight is 211 g/mol. The lowest BCUT2D eigenvalue weighted by molar-refractivity contribution is -0.155. The van der Waals surface area contributed by atoms with E-state index < -0.39 is 24.2 Å². The molecule has 1 aliphatic heterocycles. The number of rotatable bonds is 2. The van der Waals surface area contributed by atoms with Crippen LogP contribution >= 0.6 is 0 Å². The molecule has 3 nitrogen and oxygen atoms in total. The number of nitrogens with one attached hydrogen (secondary N) is 1. The molecule has 14 heavy (non-hydrogen) atoms. The third-order valence-electron chi connectivity index (χ3n) is 2.11. The minimum Gasteiger partial charge on any atom is -0.465 e. The van der Waals surface area contributed by atoms with Gasteiger partial charge in [-0.1, -0.05) is 0 Å². The van der Waals surface area contributed by atoms with E-state index in [0.717, 1.165) is 0 Å². The molecule has 0 spiro atoms. The SMILES string of the molecule is CCOC(=O)C1CCC(C(F)(F)F)N1. The summed E-state index contributed by atoms with van der Waals surface area (Å²) in [5, 5.41) is 2.22. The highest BCUT2D eigenvalue weighted by atomic mass is 19.4. The first kappa shape index (κ1) is 11.3. The van der Waals surface area contributed by atoms with Crippen LogP contribution in [0, 0.1) is 0 Å². The van der Waals surface area contributed by atoms with Crippen molar-refractivity contribution in [1.82, 2.24) is 5.32 Å². The van der Waals surface area contributed by atoms with Gasteiger partial charge in [0.15, 0.2) is 0 Å². The highest BCUT2D eigenvalue weighted by Gasteiger charge is 2.45. The van der Waals surface area contributed by atoms with Crippen LogP contribution in [-0.4, -0.2) is 30.8 Å². The number of carbonyl (C=O) groups excluding carboxylic acids is 1. The van der Waals surface area contributed by atoms with Crippen molar-refractivity contribution in [3.8, 4) is 0 Å². The number of esters is 1. The maximum Gasteiger partial charge on any atom is 0.403 e. The van der Waals surface area contributed by atoms with Crippen molar-refractivity contribution in [2.75, 3.05) is 6.61 Å². The summed E-state index contributed by atoms with van der Waals surface area (Å²) in [6.45, 7) is 1.81. The average Bonchev–Trinajstić information content (AvgIpc) is 2.51. The number of halogens is 3. The molecule has 0 aromatic carbocycles. The standard InChI is InChI=1S/C8H12F3NO2/c1-2-14-7(13)5-3-4-6(12-5)8(9,10)11/h5-6,12H,2-4H2,1H3. The molecule has 1 saturated heterocycles. The summed E-state index contributed by atoms with van der Waals surface area (Å²) in [6.07, 6.45) is -4.16. The Morgan fingerprint density at radius 3 is 2.57 bits per heavy atom. The smallest absolute Gasteiger partial charge is 0.403 e. The summed E-state index contributed by atoms with van der Waals surface area (Å²) in [7, 11) is 0. The zero-order valence-electron chi connectivity index (χ0n) is 7.73. The molecule has 0 aliphatic carbocycles. The van der Waals surface area contributed by atoms with Crippen molar-refractivity contribution in [3.63, 3.8) is 0 Å². The second-order valence-electron chi connectivity index (χ2n) is 3.14. The van der Waals surface area contributed by atoms with Gasteiger partial charge < -0.3 is 4.74 Å². The lowest BCUT2D eigenvalue weighted by Crippen LogP contribution is -2.43. The van der Waals surface area contributed by atoms with Crippen LogP contribution in [0.25, 0.3) is 0 Å². The van der Waals surface area contributed by atoms with Crippen LogP contribution in [0.4, 0.5) is 13.2 Å². The number of alkyl halides is 3. The molecule has 0 radical (unpaired) electrons. The molecule has 0 amide bonds. The van der Waals surface area contributed by atoms with E-state index in [1.54, 1.807) is 6.92 Å². The quantitative estimate of drug-likeness (QED) is 0.698. The second-order valence-corrected chi connectivity index (χ2v) is 3.14. The lowest BCUT2D eigenvalue weighted by Gasteiger charge is -2.16. The van der Waals surface area contributed by atoms with Gasteiger partial charge in [0.2, 0.25) is 0 Å². The molecule has 2 atom stereocenters. The third kappa shape index (κ3) is 2.60. The van der Waals surface area contributed by atoms with Gasteiger partial charge in [-0.15, -0.1) is 0 Å². The topological polar surface area (TPSA) is 38.3 Å². The number of hydrogen-bond donors (Lipinski definition) is 1. The van der Waals surface area contributed by atoms with Crippen LogP contribution in [0.5, 0.6) is 0 Å². The Balaban J connectivity index is 2.45.